The third-order valence-electron chi connectivity index (χ3n) is 3.81. The van der Waals surface area contributed by atoms with Gasteiger partial charge in [0, 0.05) is 13.1 Å². The topological polar surface area (TPSA) is 30.5 Å². The molecule has 1 N–H and O–H groups in total. The molecule has 0 aliphatic heterocycles. The number of hydrogen-bond acceptors (Lipinski definition) is 3. The summed E-state index contributed by atoms with van der Waals surface area (Å²) in [5, 5.41) is 3.48. The molecule has 0 heterocycles. The van der Waals surface area contributed by atoms with Crippen molar-refractivity contribution in [3.05, 3.63) is 24.3 Å². The second-order valence-corrected chi connectivity index (χ2v) is 5.05. The number of ether oxygens (including phenoxy) is 2. The lowest BCUT2D eigenvalue weighted by Gasteiger charge is -2.13. The first-order valence-corrected chi connectivity index (χ1v) is 6.75. The first-order chi connectivity index (χ1) is 8.78. The van der Waals surface area contributed by atoms with E-state index < -0.39 is 0 Å². The van der Waals surface area contributed by atoms with Crippen LogP contribution in [0.25, 0.3) is 0 Å². The monoisotopic (exact) mass is 249 g/mol. The molecule has 1 aromatic rings. The van der Waals surface area contributed by atoms with Gasteiger partial charge in [-0.2, -0.15) is 0 Å². The molecular weight excluding hydrogens is 226 g/mol. The van der Waals surface area contributed by atoms with Crippen molar-refractivity contribution in [3.63, 3.8) is 0 Å². The number of benzene rings is 1. The molecule has 0 unspecified atom stereocenters. The van der Waals surface area contributed by atoms with Crippen LogP contribution in [0.1, 0.15) is 26.2 Å². The van der Waals surface area contributed by atoms with Crippen LogP contribution in [0.5, 0.6) is 11.5 Å². The average Bonchev–Trinajstić information content (AvgIpc) is 3.20. The Morgan fingerprint density at radius 3 is 2.39 bits per heavy atom. The van der Waals surface area contributed by atoms with Gasteiger partial charge in [-0.1, -0.05) is 6.92 Å². The van der Waals surface area contributed by atoms with Crippen molar-refractivity contribution in [3.8, 4) is 11.5 Å². The maximum atomic E-state index is 5.66. The highest BCUT2D eigenvalue weighted by molar-refractivity contribution is 5.31. The number of nitrogens with one attached hydrogen (secondary N) is 1. The van der Waals surface area contributed by atoms with Gasteiger partial charge in [0.2, 0.25) is 0 Å². The number of hydrogen-bond donors (Lipinski definition) is 1. The van der Waals surface area contributed by atoms with E-state index in [4.69, 9.17) is 9.47 Å². The first kappa shape index (κ1) is 13.2. The molecule has 3 nitrogen and oxygen atoms in total. The summed E-state index contributed by atoms with van der Waals surface area (Å²) in [5.41, 5.74) is 0.611. The summed E-state index contributed by atoms with van der Waals surface area (Å²) in [5.74, 6) is 1.76. The van der Waals surface area contributed by atoms with E-state index in [1.54, 1.807) is 7.11 Å². The quantitative estimate of drug-likeness (QED) is 0.719. The van der Waals surface area contributed by atoms with Gasteiger partial charge in [-0.25, -0.2) is 0 Å². The molecule has 0 spiro atoms. The Labute approximate surface area is 109 Å². The second kappa shape index (κ2) is 6.10. The molecular formula is C15H23NO2. The van der Waals surface area contributed by atoms with Gasteiger partial charge in [0.15, 0.2) is 0 Å². The molecule has 0 amide bonds. The van der Waals surface area contributed by atoms with Crippen molar-refractivity contribution in [1.29, 1.82) is 0 Å². The molecule has 0 bridgehead atoms. The molecule has 1 aliphatic rings. The lowest BCUT2D eigenvalue weighted by molar-refractivity contribution is 0.305. The van der Waals surface area contributed by atoms with Crippen LogP contribution >= 0.6 is 0 Å². The van der Waals surface area contributed by atoms with Crippen LogP contribution in [0.2, 0.25) is 0 Å². The predicted molar refractivity (Wildman–Crippen MR) is 73.3 cm³/mol. The molecule has 1 aromatic carbocycles. The maximum Gasteiger partial charge on any atom is 0.119 e. The summed E-state index contributed by atoms with van der Waals surface area (Å²) in [6.45, 7) is 5.04. The van der Waals surface area contributed by atoms with Crippen LogP contribution in [0.4, 0.5) is 0 Å². The zero-order valence-corrected chi connectivity index (χ0v) is 11.4. The van der Waals surface area contributed by atoms with Gasteiger partial charge in [0.25, 0.3) is 0 Å². The third kappa shape index (κ3) is 3.64. The first-order valence-electron chi connectivity index (χ1n) is 6.75. The Morgan fingerprint density at radius 2 is 1.83 bits per heavy atom. The van der Waals surface area contributed by atoms with Gasteiger partial charge >= 0.3 is 0 Å². The van der Waals surface area contributed by atoms with Crippen LogP contribution < -0.4 is 14.8 Å². The van der Waals surface area contributed by atoms with Gasteiger partial charge in [-0.05, 0) is 48.9 Å². The smallest absolute Gasteiger partial charge is 0.119 e. The van der Waals surface area contributed by atoms with E-state index >= 15 is 0 Å². The standard InChI is InChI=1S/C15H23NO2/c1-3-15(8-9-15)12-16-10-11-18-14-6-4-13(17-2)5-7-14/h4-7,16H,3,8-12H2,1-2H3. The minimum atomic E-state index is 0.611. The van der Waals surface area contributed by atoms with E-state index in [0.29, 0.717) is 12.0 Å². The Morgan fingerprint density at radius 1 is 1.17 bits per heavy atom. The van der Waals surface area contributed by atoms with Crippen LogP contribution in [0.15, 0.2) is 24.3 Å². The molecule has 0 saturated heterocycles. The fourth-order valence-corrected chi connectivity index (χ4v) is 2.10. The molecule has 18 heavy (non-hydrogen) atoms. The van der Waals surface area contributed by atoms with Crippen molar-refractivity contribution in [2.75, 3.05) is 26.8 Å². The fraction of sp³-hybridized carbons (Fsp3) is 0.600. The highest BCUT2D eigenvalue weighted by Crippen LogP contribution is 2.47. The van der Waals surface area contributed by atoms with Crippen LogP contribution in [-0.2, 0) is 0 Å². The van der Waals surface area contributed by atoms with Gasteiger partial charge in [-0.15, -0.1) is 0 Å². The van der Waals surface area contributed by atoms with E-state index in [2.05, 4.69) is 12.2 Å². The summed E-state index contributed by atoms with van der Waals surface area (Å²) in [4.78, 5) is 0. The Bertz CT molecular complexity index is 357. The lowest BCUT2D eigenvalue weighted by Crippen LogP contribution is -2.27. The summed E-state index contributed by atoms with van der Waals surface area (Å²) in [7, 11) is 1.67. The van der Waals surface area contributed by atoms with Crippen molar-refractivity contribution in [2.24, 2.45) is 5.41 Å². The van der Waals surface area contributed by atoms with Gasteiger partial charge in [0.1, 0.15) is 18.1 Å². The second-order valence-electron chi connectivity index (χ2n) is 5.05. The Kier molecular flexibility index (Phi) is 4.48. The number of rotatable bonds is 8. The Hall–Kier alpha value is -1.22. The van der Waals surface area contributed by atoms with Crippen LogP contribution in [-0.4, -0.2) is 26.8 Å². The largest absolute Gasteiger partial charge is 0.497 e. The zero-order valence-electron chi connectivity index (χ0n) is 11.4. The molecule has 3 heteroatoms. The minimum Gasteiger partial charge on any atom is -0.497 e. The molecule has 2 rings (SSSR count). The van der Waals surface area contributed by atoms with E-state index in [1.165, 1.54) is 19.3 Å². The summed E-state index contributed by atoms with van der Waals surface area (Å²) >= 11 is 0. The van der Waals surface area contributed by atoms with Crippen LogP contribution in [0.3, 0.4) is 0 Å². The van der Waals surface area contributed by atoms with Crippen molar-refractivity contribution >= 4 is 0 Å². The normalized spacial score (nSPS) is 16.3. The zero-order chi connectivity index (χ0) is 12.8. The molecule has 1 saturated carbocycles. The van der Waals surface area contributed by atoms with E-state index in [-0.39, 0.29) is 0 Å². The Balaban J connectivity index is 1.60. The molecule has 100 valence electrons. The SMILES string of the molecule is CCC1(CNCCOc2ccc(OC)cc2)CC1. The van der Waals surface area contributed by atoms with Gasteiger partial charge in [-0.3, -0.25) is 0 Å². The minimum absolute atomic E-state index is 0.611. The number of methoxy groups -OCH3 is 1. The van der Waals surface area contributed by atoms with Crippen molar-refractivity contribution < 1.29 is 9.47 Å². The van der Waals surface area contributed by atoms with Gasteiger partial charge in [0.05, 0.1) is 7.11 Å². The van der Waals surface area contributed by atoms with E-state index in [9.17, 15) is 0 Å². The van der Waals surface area contributed by atoms with E-state index in [0.717, 1.165) is 24.6 Å². The summed E-state index contributed by atoms with van der Waals surface area (Å²) < 4.78 is 10.8. The molecule has 1 aliphatic carbocycles. The maximum absolute atomic E-state index is 5.66. The highest BCUT2D eigenvalue weighted by Gasteiger charge is 2.39. The van der Waals surface area contributed by atoms with Crippen molar-refractivity contribution in [2.45, 2.75) is 26.2 Å². The van der Waals surface area contributed by atoms with Crippen molar-refractivity contribution in [1.82, 2.24) is 5.32 Å². The predicted octanol–water partition coefficient (Wildman–Crippen LogP) is 2.85. The van der Waals surface area contributed by atoms with E-state index in [1.807, 2.05) is 24.3 Å². The highest BCUT2D eigenvalue weighted by atomic mass is 16.5. The molecule has 0 atom stereocenters. The molecule has 1 fully saturated rings. The third-order valence-corrected chi connectivity index (χ3v) is 3.81. The fourth-order valence-electron chi connectivity index (χ4n) is 2.10. The van der Waals surface area contributed by atoms with Crippen LogP contribution in [0, 0.1) is 5.41 Å². The lowest BCUT2D eigenvalue weighted by atomic mass is 10.0. The molecule has 0 radical (unpaired) electrons. The van der Waals surface area contributed by atoms with Gasteiger partial charge < -0.3 is 14.8 Å². The summed E-state index contributed by atoms with van der Waals surface area (Å²) in [6.07, 6.45) is 4.06. The summed E-state index contributed by atoms with van der Waals surface area (Å²) in [6, 6.07) is 7.71. The average molecular weight is 249 g/mol. The molecule has 0 aromatic heterocycles.